The second-order valence-electron chi connectivity index (χ2n) is 6.21. The summed E-state index contributed by atoms with van der Waals surface area (Å²) >= 11 is 0. The average molecular weight is 325 g/mol. The molecule has 0 amide bonds. The highest BCUT2D eigenvalue weighted by atomic mass is 16.4. The third-order valence-electron chi connectivity index (χ3n) is 4.29. The minimum Gasteiger partial charge on any atom is -0.477 e. The molecule has 4 rings (SSSR count). The van der Waals surface area contributed by atoms with E-state index in [4.69, 9.17) is 0 Å². The molecular formula is C17H19N5O2. The van der Waals surface area contributed by atoms with Crippen molar-refractivity contribution in [2.24, 2.45) is 0 Å². The van der Waals surface area contributed by atoms with E-state index in [2.05, 4.69) is 38.1 Å². The van der Waals surface area contributed by atoms with E-state index in [1.54, 1.807) is 0 Å². The molecule has 1 fully saturated rings. The Morgan fingerprint density at radius 2 is 2.17 bits per heavy atom. The summed E-state index contributed by atoms with van der Waals surface area (Å²) < 4.78 is 0. The lowest BCUT2D eigenvalue weighted by molar-refractivity contribution is 0.0697. The number of hydrogen-bond donors (Lipinski definition) is 4. The van der Waals surface area contributed by atoms with Crippen LogP contribution in [0.15, 0.2) is 24.4 Å². The van der Waals surface area contributed by atoms with E-state index in [1.807, 2.05) is 6.07 Å². The molecule has 0 bridgehead atoms. The molecule has 2 heterocycles. The Morgan fingerprint density at radius 1 is 1.29 bits per heavy atom. The maximum absolute atomic E-state index is 11.3. The molecule has 1 saturated carbocycles. The van der Waals surface area contributed by atoms with Crippen LogP contribution in [0.4, 0.5) is 17.5 Å². The average Bonchev–Trinajstić information content (AvgIpc) is 3.39. The zero-order chi connectivity index (χ0) is 16.5. The van der Waals surface area contributed by atoms with Gasteiger partial charge in [0.2, 0.25) is 5.95 Å². The van der Waals surface area contributed by atoms with Crippen molar-refractivity contribution in [3.63, 3.8) is 0 Å². The lowest BCUT2D eigenvalue weighted by Gasteiger charge is -2.18. The normalized spacial score (nSPS) is 16.3. The van der Waals surface area contributed by atoms with E-state index in [0.29, 0.717) is 17.8 Å². The fourth-order valence-electron chi connectivity index (χ4n) is 2.81. The Kier molecular flexibility index (Phi) is 3.78. The van der Waals surface area contributed by atoms with E-state index in [-0.39, 0.29) is 5.56 Å². The summed E-state index contributed by atoms with van der Waals surface area (Å²) in [4.78, 5) is 19.8. The molecule has 1 aliphatic carbocycles. The van der Waals surface area contributed by atoms with Gasteiger partial charge >= 0.3 is 5.97 Å². The van der Waals surface area contributed by atoms with E-state index in [0.717, 1.165) is 38.0 Å². The quantitative estimate of drug-likeness (QED) is 0.668. The molecule has 7 heteroatoms. The van der Waals surface area contributed by atoms with Crippen molar-refractivity contribution in [2.75, 3.05) is 17.2 Å². The van der Waals surface area contributed by atoms with Crippen LogP contribution < -0.4 is 16.0 Å². The van der Waals surface area contributed by atoms with Crippen LogP contribution >= 0.6 is 0 Å². The van der Waals surface area contributed by atoms with Gasteiger partial charge in [0.25, 0.3) is 0 Å². The van der Waals surface area contributed by atoms with Gasteiger partial charge in [-0.1, -0.05) is 6.07 Å². The van der Waals surface area contributed by atoms with E-state index in [9.17, 15) is 9.90 Å². The van der Waals surface area contributed by atoms with Crippen LogP contribution in [-0.2, 0) is 13.0 Å². The highest BCUT2D eigenvalue weighted by Gasteiger charge is 2.24. The highest BCUT2D eigenvalue weighted by Crippen LogP contribution is 2.27. The van der Waals surface area contributed by atoms with Crippen LogP contribution in [0.1, 0.15) is 34.3 Å². The van der Waals surface area contributed by atoms with Crippen LogP contribution in [-0.4, -0.2) is 33.6 Å². The number of fused-ring (bicyclic) bond motifs is 1. The molecule has 1 aliphatic heterocycles. The summed E-state index contributed by atoms with van der Waals surface area (Å²) in [6.45, 7) is 1.88. The van der Waals surface area contributed by atoms with E-state index < -0.39 is 5.97 Å². The molecule has 0 spiro atoms. The van der Waals surface area contributed by atoms with Crippen molar-refractivity contribution >= 4 is 23.4 Å². The van der Waals surface area contributed by atoms with Gasteiger partial charge in [-0.3, -0.25) is 0 Å². The first-order valence-electron chi connectivity index (χ1n) is 8.15. The molecular weight excluding hydrogens is 306 g/mol. The number of hydrogen-bond acceptors (Lipinski definition) is 6. The molecule has 2 aliphatic rings. The fourth-order valence-corrected chi connectivity index (χ4v) is 2.81. The molecule has 4 N–H and O–H groups in total. The first kappa shape index (κ1) is 14.9. The van der Waals surface area contributed by atoms with Gasteiger partial charge in [0.15, 0.2) is 0 Å². The first-order chi connectivity index (χ1) is 11.7. The van der Waals surface area contributed by atoms with Crippen LogP contribution in [0.25, 0.3) is 0 Å². The van der Waals surface area contributed by atoms with Gasteiger partial charge in [0.1, 0.15) is 11.4 Å². The molecule has 1 aromatic heterocycles. The third kappa shape index (κ3) is 3.16. The van der Waals surface area contributed by atoms with Gasteiger partial charge in [0.05, 0.1) is 0 Å². The van der Waals surface area contributed by atoms with Crippen molar-refractivity contribution in [3.8, 4) is 0 Å². The Hall–Kier alpha value is -2.67. The standard InChI is InChI=1S/C17H19N5O2/c23-16(24)14-9-19-17(22-15(14)20-12-3-4-12)21-13-2-1-11-8-18-6-5-10(11)7-13/h1-2,7,9,12,18H,3-6,8H2,(H,23,24)(H2,19,20,21,22). The number of carboxylic acid groups (broad SMARTS) is 1. The maximum atomic E-state index is 11.3. The highest BCUT2D eigenvalue weighted by molar-refractivity contribution is 5.93. The summed E-state index contributed by atoms with van der Waals surface area (Å²) in [5.41, 5.74) is 3.64. The summed E-state index contributed by atoms with van der Waals surface area (Å²) in [5.74, 6) is -0.243. The summed E-state index contributed by atoms with van der Waals surface area (Å²) in [7, 11) is 0. The second-order valence-corrected chi connectivity index (χ2v) is 6.21. The van der Waals surface area contributed by atoms with Crippen molar-refractivity contribution < 1.29 is 9.90 Å². The van der Waals surface area contributed by atoms with Crippen molar-refractivity contribution in [1.82, 2.24) is 15.3 Å². The lowest BCUT2D eigenvalue weighted by atomic mass is 10.0. The summed E-state index contributed by atoms with van der Waals surface area (Å²) in [6.07, 6.45) is 4.44. The molecule has 0 unspecified atom stereocenters. The zero-order valence-electron chi connectivity index (χ0n) is 13.2. The maximum Gasteiger partial charge on any atom is 0.341 e. The van der Waals surface area contributed by atoms with Crippen LogP contribution in [0.5, 0.6) is 0 Å². The van der Waals surface area contributed by atoms with Crippen LogP contribution in [0.2, 0.25) is 0 Å². The van der Waals surface area contributed by atoms with Crippen molar-refractivity contribution in [1.29, 1.82) is 0 Å². The number of aromatic carboxylic acids is 1. The van der Waals surface area contributed by atoms with Gasteiger partial charge in [-0.25, -0.2) is 9.78 Å². The number of carbonyl (C=O) groups is 1. The first-order valence-corrected chi connectivity index (χ1v) is 8.15. The SMILES string of the molecule is O=C(O)c1cnc(Nc2ccc3c(c2)CCNC3)nc1NC1CC1. The zero-order valence-corrected chi connectivity index (χ0v) is 13.2. The van der Waals surface area contributed by atoms with E-state index >= 15 is 0 Å². The predicted molar refractivity (Wildman–Crippen MR) is 90.8 cm³/mol. The number of benzene rings is 1. The lowest BCUT2D eigenvalue weighted by Crippen LogP contribution is -2.23. The van der Waals surface area contributed by atoms with Gasteiger partial charge < -0.3 is 21.1 Å². The topological polar surface area (TPSA) is 99.2 Å². The Balaban J connectivity index is 1.58. The van der Waals surface area contributed by atoms with Gasteiger partial charge in [-0.05, 0) is 49.1 Å². The molecule has 0 radical (unpaired) electrons. The molecule has 7 nitrogen and oxygen atoms in total. The smallest absolute Gasteiger partial charge is 0.341 e. The largest absolute Gasteiger partial charge is 0.477 e. The van der Waals surface area contributed by atoms with Crippen LogP contribution in [0.3, 0.4) is 0 Å². The second kappa shape index (κ2) is 6.09. The molecule has 24 heavy (non-hydrogen) atoms. The number of carboxylic acids is 1. The number of rotatable bonds is 5. The molecule has 2 aromatic rings. The molecule has 0 atom stereocenters. The van der Waals surface area contributed by atoms with Gasteiger partial charge in [0, 0.05) is 24.5 Å². The third-order valence-corrected chi connectivity index (χ3v) is 4.29. The minimum atomic E-state index is -1.02. The summed E-state index contributed by atoms with van der Waals surface area (Å²) in [5, 5.41) is 19.0. The monoisotopic (exact) mass is 325 g/mol. The summed E-state index contributed by atoms with van der Waals surface area (Å²) in [6, 6.07) is 6.52. The minimum absolute atomic E-state index is 0.101. The van der Waals surface area contributed by atoms with Crippen molar-refractivity contribution in [2.45, 2.75) is 31.8 Å². The van der Waals surface area contributed by atoms with Crippen LogP contribution in [0, 0.1) is 0 Å². The molecule has 1 aromatic carbocycles. The molecule has 124 valence electrons. The number of nitrogens with zero attached hydrogens (tertiary/aromatic N) is 2. The molecule has 0 saturated heterocycles. The number of aromatic nitrogens is 2. The number of nitrogens with one attached hydrogen (secondary N) is 3. The van der Waals surface area contributed by atoms with Gasteiger partial charge in [-0.2, -0.15) is 4.98 Å². The fraction of sp³-hybridized carbons (Fsp3) is 0.353. The van der Waals surface area contributed by atoms with Crippen molar-refractivity contribution in [3.05, 3.63) is 41.1 Å². The Labute approximate surface area is 139 Å². The Bertz CT molecular complexity index is 789. The van der Waals surface area contributed by atoms with E-state index in [1.165, 1.54) is 17.3 Å². The van der Waals surface area contributed by atoms with Gasteiger partial charge in [-0.15, -0.1) is 0 Å². The Morgan fingerprint density at radius 3 is 2.96 bits per heavy atom. The predicted octanol–water partition coefficient (Wildman–Crippen LogP) is 2.14. The number of anilines is 3.